The first kappa shape index (κ1) is 30.3. The Hall–Kier alpha value is -5.18. The molecule has 1 atom stereocenters. The van der Waals surface area contributed by atoms with Gasteiger partial charge in [-0.3, -0.25) is 14.4 Å². The maximum Gasteiger partial charge on any atom is 0.271 e. The molecule has 3 amide bonds. The van der Waals surface area contributed by atoms with Crippen LogP contribution in [0.1, 0.15) is 64.4 Å². The van der Waals surface area contributed by atoms with E-state index in [-0.39, 0.29) is 35.8 Å². The lowest BCUT2D eigenvalue weighted by Crippen LogP contribution is -2.48. The second kappa shape index (κ2) is 13.9. The van der Waals surface area contributed by atoms with Crippen LogP contribution in [0.4, 0.5) is 17.3 Å². The fourth-order valence-electron chi connectivity index (χ4n) is 5.73. The normalized spacial score (nSPS) is 17.0. The Labute approximate surface area is 256 Å². The molecule has 44 heavy (non-hydrogen) atoms. The van der Waals surface area contributed by atoms with E-state index in [1.165, 1.54) is 6.20 Å². The summed E-state index contributed by atoms with van der Waals surface area (Å²) in [4.78, 5) is 49.9. The van der Waals surface area contributed by atoms with Gasteiger partial charge in [-0.15, -0.1) is 0 Å². The molecule has 0 bridgehead atoms. The van der Waals surface area contributed by atoms with Gasteiger partial charge in [-0.1, -0.05) is 12.1 Å². The summed E-state index contributed by atoms with van der Waals surface area (Å²) < 4.78 is 5.17. The highest BCUT2D eigenvalue weighted by Crippen LogP contribution is 2.30. The first-order valence-corrected chi connectivity index (χ1v) is 14.7. The summed E-state index contributed by atoms with van der Waals surface area (Å²) in [5.41, 5.74) is 8.11. The highest BCUT2D eigenvalue weighted by atomic mass is 16.5. The molecule has 228 valence electrons. The molecule has 0 saturated carbocycles. The van der Waals surface area contributed by atoms with Gasteiger partial charge in [0.15, 0.2) is 11.5 Å². The zero-order valence-corrected chi connectivity index (χ0v) is 24.7. The Bertz CT molecular complexity index is 1530. The quantitative estimate of drug-likeness (QED) is 0.336. The van der Waals surface area contributed by atoms with Crippen LogP contribution in [0.2, 0.25) is 0 Å². The lowest BCUT2D eigenvalue weighted by Gasteiger charge is -2.34. The molecular weight excluding hydrogens is 560 g/mol. The average Bonchev–Trinajstić information content (AvgIpc) is 3.05. The number of nitriles is 1. The minimum Gasteiger partial charge on any atom is -0.497 e. The number of likely N-dealkylation sites (tertiary alicyclic amines) is 1. The van der Waals surface area contributed by atoms with Gasteiger partial charge in [-0.2, -0.15) is 5.26 Å². The molecule has 1 aromatic heterocycles. The minimum atomic E-state index is -0.691. The number of piperidine rings is 2. The van der Waals surface area contributed by atoms with Crippen molar-refractivity contribution in [3.05, 3.63) is 71.5 Å². The number of anilines is 3. The number of hydrogen-bond acceptors (Lipinski definition) is 9. The van der Waals surface area contributed by atoms with Crippen LogP contribution >= 0.6 is 0 Å². The Kier molecular flexibility index (Phi) is 9.54. The van der Waals surface area contributed by atoms with E-state index >= 15 is 0 Å². The summed E-state index contributed by atoms with van der Waals surface area (Å²) >= 11 is 0. The highest BCUT2D eigenvalue weighted by molar-refractivity contribution is 5.96. The zero-order chi connectivity index (χ0) is 31.1. The van der Waals surface area contributed by atoms with Crippen molar-refractivity contribution in [3.8, 4) is 11.8 Å². The van der Waals surface area contributed by atoms with Crippen LogP contribution in [0.25, 0.3) is 0 Å². The number of carbonyl (C=O) groups is 3. The van der Waals surface area contributed by atoms with Gasteiger partial charge in [0.2, 0.25) is 5.91 Å². The Morgan fingerprint density at radius 1 is 1.05 bits per heavy atom. The fraction of sp³-hybridized carbons (Fsp3) is 0.375. The molecule has 2 aliphatic rings. The molecule has 5 rings (SSSR count). The smallest absolute Gasteiger partial charge is 0.271 e. The molecule has 2 aromatic carbocycles. The third kappa shape index (κ3) is 7.23. The largest absolute Gasteiger partial charge is 0.497 e. The maximum absolute atomic E-state index is 12.8. The number of benzene rings is 2. The molecule has 3 heterocycles. The number of amides is 3. The van der Waals surface area contributed by atoms with Gasteiger partial charge in [0.1, 0.15) is 18.0 Å². The monoisotopic (exact) mass is 596 g/mol. The third-order valence-electron chi connectivity index (χ3n) is 8.15. The second-order valence-corrected chi connectivity index (χ2v) is 11.0. The van der Waals surface area contributed by atoms with Gasteiger partial charge in [0.05, 0.1) is 19.4 Å². The topological polar surface area (TPSA) is 167 Å². The molecule has 0 aliphatic carbocycles. The van der Waals surface area contributed by atoms with Gasteiger partial charge in [0, 0.05) is 43.5 Å². The Morgan fingerprint density at radius 3 is 2.43 bits per heavy atom. The van der Waals surface area contributed by atoms with Crippen molar-refractivity contribution in [1.82, 2.24) is 20.2 Å². The predicted octanol–water partition coefficient (Wildman–Crippen LogP) is 3.35. The van der Waals surface area contributed by atoms with Gasteiger partial charge in [0.25, 0.3) is 11.8 Å². The van der Waals surface area contributed by atoms with Crippen molar-refractivity contribution in [3.63, 3.8) is 0 Å². The number of nitrogens with one attached hydrogen (secondary N) is 2. The number of primary amides is 1. The summed E-state index contributed by atoms with van der Waals surface area (Å²) in [6.07, 6.45) is 4.80. The number of methoxy groups -OCH3 is 1. The number of ether oxygens (including phenoxy) is 1. The standard InChI is InChI=1S/C32H36N8O4/c1-44-26-10-6-23(7-11-26)32(43)37-25-3-2-16-40(20-25)27-19-35-29(30(34)42)31(38-27)36-24-8-4-21(5-9-24)22-13-17-39(18-14-22)28(41)12-15-33/h4-11,19,22,25H,2-3,12-14,16-18,20H2,1H3,(H2,34,42)(H,36,38)(H,37,43). The number of rotatable bonds is 9. The molecule has 3 aromatic rings. The van der Waals surface area contributed by atoms with Crippen LogP contribution in [0.3, 0.4) is 0 Å². The van der Waals surface area contributed by atoms with Crippen molar-refractivity contribution < 1.29 is 19.1 Å². The molecule has 0 spiro atoms. The fourth-order valence-corrected chi connectivity index (χ4v) is 5.73. The number of carbonyl (C=O) groups excluding carboxylic acids is 3. The van der Waals surface area contributed by atoms with Crippen LogP contribution in [0.5, 0.6) is 5.75 Å². The Morgan fingerprint density at radius 2 is 1.77 bits per heavy atom. The van der Waals surface area contributed by atoms with Crippen LogP contribution < -0.4 is 26.0 Å². The Balaban J connectivity index is 1.23. The van der Waals surface area contributed by atoms with E-state index in [1.807, 2.05) is 35.2 Å². The van der Waals surface area contributed by atoms with E-state index in [0.29, 0.717) is 42.7 Å². The van der Waals surface area contributed by atoms with Gasteiger partial charge < -0.3 is 30.9 Å². The van der Waals surface area contributed by atoms with Crippen LogP contribution in [-0.2, 0) is 4.79 Å². The number of aromatic nitrogens is 2. The van der Waals surface area contributed by atoms with Crippen molar-refractivity contribution in [2.75, 3.05) is 43.5 Å². The summed E-state index contributed by atoms with van der Waals surface area (Å²) in [7, 11) is 1.58. The molecule has 2 saturated heterocycles. The molecule has 0 radical (unpaired) electrons. The van der Waals surface area contributed by atoms with Crippen molar-refractivity contribution in [2.24, 2.45) is 5.73 Å². The highest BCUT2D eigenvalue weighted by Gasteiger charge is 2.26. The second-order valence-electron chi connectivity index (χ2n) is 11.0. The third-order valence-corrected chi connectivity index (χ3v) is 8.15. The van der Waals surface area contributed by atoms with Crippen LogP contribution in [0, 0.1) is 11.3 Å². The van der Waals surface area contributed by atoms with Gasteiger partial charge in [-0.25, -0.2) is 9.97 Å². The van der Waals surface area contributed by atoms with Crippen molar-refractivity contribution in [2.45, 2.75) is 44.1 Å². The van der Waals surface area contributed by atoms with E-state index in [9.17, 15) is 14.4 Å². The number of nitrogens with zero attached hydrogens (tertiary/aromatic N) is 5. The van der Waals surface area contributed by atoms with Gasteiger partial charge >= 0.3 is 0 Å². The van der Waals surface area contributed by atoms with E-state index in [4.69, 9.17) is 20.7 Å². The SMILES string of the molecule is COc1ccc(C(=O)NC2CCCN(c3cnc(C(N)=O)c(Nc4ccc(C5CCN(C(=O)CC#N)CC5)cc4)n3)C2)cc1. The minimum absolute atomic E-state index is 0.0357. The summed E-state index contributed by atoms with van der Waals surface area (Å²) in [5.74, 6) is 0.885. The molecule has 1 unspecified atom stereocenters. The van der Waals surface area contributed by atoms with Crippen molar-refractivity contribution in [1.29, 1.82) is 5.26 Å². The molecule has 2 fully saturated rings. The lowest BCUT2D eigenvalue weighted by molar-refractivity contribution is -0.131. The summed E-state index contributed by atoms with van der Waals surface area (Å²) in [6.45, 7) is 2.55. The molecule has 12 heteroatoms. The molecular formula is C32H36N8O4. The molecule has 12 nitrogen and oxygen atoms in total. The predicted molar refractivity (Wildman–Crippen MR) is 165 cm³/mol. The summed E-state index contributed by atoms with van der Waals surface area (Å²) in [5, 5.41) is 15.1. The van der Waals surface area contributed by atoms with Gasteiger partial charge in [-0.05, 0) is 73.6 Å². The molecule has 4 N–H and O–H groups in total. The van der Waals surface area contributed by atoms with E-state index in [2.05, 4.69) is 15.6 Å². The average molecular weight is 597 g/mol. The van der Waals surface area contributed by atoms with E-state index in [0.717, 1.165) is 43.5 Å². The van der Waals surface area contributed by atoms with Crippen molar-refractivity contribution >= 4 is 35.0 Å². The van der Waals surface area contributed by atoms with Crippen LogP contribution in [0.15, 0.2) is 54.7 Å². The number of nitrogens with two attached hydrogens (primary N) is 1. The molecule has 2 aliphatic heterocycles. The lowest BCUT2D eigenvalue weighted by atomic mass is 9.89. The first-order chi connectivity index (χ1) is 21.3. The van der Waals surface area contributed by atoms with E-state index in [1.54, 1.807) is 36.3 Å². The zero-order valence-electron chi connectivity index (χ0n) is 24.7. The number of hydrogen-bond donors (Lipinski definition) is 3. The van der Waals surface area contributed by atoms with E-state index < -0.39 is 5.91 Å². The first-order valence-electron chi connectivity index (χ1n) is 14.7. The van der Waals surface area contributed by atoms with Crippen LogP contribution in [-0.4, -0.2) is 71.9 Å². The summed E-state index contributed by atoms with van der Waals surface area (Å²) in [6, 6.07) is 16.7. The maximum atomic E-state index is 12.8.